The molecule has 0 atom stereocenters. The Balaban J connectivity index is 1.65. The van der Waals surface area contributed by atoms with Crippen LogP contribution in [-0.4, -0.2) is 33.4 Å². The van der Waals surface area contributed by atoms with Gasteiger partial charge >= 0.3 is 0 Å². The van der Waals surface area contributed by atoms with Gasteiger partial charge in [0.1, 0.15) is 11.6 Å². The van der Waals surface area contributed by atoms with Gasteiger partial charge in [-0.15, -0.1) is 0 Å². The summed E-state index contributed by atoms with van der Waals surface area (Å²) in [7, 11) is 3.62. The van der Waals surface area contributed by atoms with E-state index in [1.165, 1.54) is 5.56 Å². The lowest BCUT2D eigenvalue weighted by molar-refractivity contribution is 0.409. The van der Waals surface area contributed by atoms with Crippen molar-refractivity contribution < 1.29 is 4.74 Å². The number of hydrogen-bond donors (Lipinski definition) is 2. The predicted octanol–water partition coefficient (Wildman–Crippen LogP) is 3.47. The number of methoxy groups -OCH3 is 1. The van der Waals surface area contributed by atoms with Crippen molar-refractivity contribution in [3.05, 3.63) is 47.7 Å². The van der Waals surface area contributed by atoms with Gasteiger partial charge in [0.15, 0.2) is 0 Å². The van der Waals surface area contributed by atoms with Crippen LogP contribution in [0.15, 0.2) is 36.4 Å². The molecule has 7 nitrogen and oxygen atoms in total. The second kappa shape index (κ2) is 9.21. The van der Waals surface area contributed by atoms with Gasteiger partial charge in [-0.3, -0.25) is 4.68 Å². The third-order valence-corrected chi connectivity index (χ3v) is 4.56. The molecule has 0 fully saturated rings. The molecule has 3 N–H and O–H groups in total. The molecular weight excluding hydrogens is 352 g/mol. The van der Waals surface area contributed by atoms with Gasteiger partial charge in [0, 0.05) is 19.7 Å². The van der Waals surface area contributed by atoms with Gasteiger partial charge in [-0.25, -0.2) is 4.98 Å². The standard InChI is InChI=1S/C21H28N6O/c1-4-8-16-13-18(27(2)26-16)17-14-20(25-21(22)24-17)23-12-7-10-15-9-5-6-11-19(15)28-3/h5-6,9,11,13-14H,4,7-8,10,12H2,1-3H3,(H3,22,23,24,25). The Bertz CT molecular complexity index is 921. The van der Waals surface area contributed by atoms with Crippen LogP contribution in [0.5, 0.6) is 5.75 Å². The van der Waals surface area contributed by atoms with Gasteiger partial charge in [0.05, 0.1) is 24.2 Å². The summed E-state index contributed by atoms with van der Waals surface area (Å²) in [4.78, 5) is 8.70. The Morgan fingerprint density at radius 1 is 1.14 bits per heavy atom. The molecule has 0 unspecified atom stereocenters. The summed E-state index contributed by atoms with van der Waals surface area (Å²) in [5.74, 6) is 1.90. The van der Waals surface area contributed by atoms with E-state index in [2.05, 4.69) is 39.4 Å². The third-order valence-electron chi connectivity index (χ3n) is 4.56. The molecule has 0 amide bonds. The van der Waals surface area contributed by atoms with Crippen molar-refractivity contribution in [2.75, 3.05) is 24.7 Å². The first kappa shape index (κ1) is 19.7. The third kappa shape index (κ3) is 4.79. The Labute approximate surface area is 166 Å². The second-order valence-electron chi connectivity index (χ2n) is 6.73. The van der Waals surface area contributed by atoms with Crippen LogP contribution in [0.2, 0.25) is 0 Å². The molecule has 1 aromatic carbocycles. The molecule has 0 radical (unpaired) electrons. The summed E-state index contributed by atoms with van der Waals surface area (Å²) in [6.07, 6.45) is 3.88. The topological polar surface area (TPSA) is 90.9 Å². The van der Waals surface area contributed by atoms with Crippen molar-refractivity contribution in [1.29, 1.82) is 0 Å². The van der Waals surface area contributed by atoms with E-state index in [9.17, 15) is 0 Å². The van der Waals surface area contributed by atoms with Crippen molar-refractivity contribution in [2.24, 2.45) is 7.05 Å². The lowest BCUT2D eigenvalue weighted by Crippen LogP contribution is -2.08. The van der Waals surface area contributed by atoms with Crippen LogP contribution in [0.1, 0.15) is 31.0 Å². The average Bonchev–Trinajstić information content (AvgIpc) is 3.06. The number of aryl methyl sites for hydroxylation is 3. The van der Waals surface area contributed by atoms with Crippen molar-refractivity contribution >= 4 is 11.8 Å². The zero-order chi connectivity index (χ0) is 19.9. The maximum absolute atomic E-state index is 5.94. The molecule has 28 heavy (non-hydrogen) atoms. The number of rotatable bonds is 9. The fourth-order valence-electron chi connectivity index (χ4n) is 3.24. The first-order valence-electron chi connectivity index (χ1n) is 9.64. The predicted molar refractivity (Wildman–Crippen MR) is 112 cm³/mol. The van der Waals surface area contributed by atoms with E-state index in [0.717, 1.165) is 60.9 Å². The Morgan fingerprint density at radius 3 is 2.75 bits per heavy atom. The largest absolute Gasteiger partial charge is 0.496 e. The van der Waals surface area contributed by atoms with Crippen molar-refractivity contribution in [3.63, 3.8) is 0 Å². The molecule has 2 heterocycles. The molecule has 0 aliphatic rings. The number of nitrogens with two attached hydrogens (primary N) is 1. The first-order chi connectivity index (χ1) is 13.6. The Morgan fingerprint density at radius 2 is 1.96 bits per heavy atom. The maximum atomic E-state index is 5.94. The van der Waals surface area contributed by atoms with Crippen LogP contribution in [0.4, 0.5) is 11.8 Å². The van der Waals surface area contributed by atoms with E-state index in [1.54, 1.807) is 7.11 Å². The summed E-state index contributed by atoms with van der Waals surface area (Å²) in [6, 6.07) is 12.1. The molecule has 2 aromatic heterocycles. The zero-order valence-electron chi connectivity index (χ0n) is 16.8. The fraction of sp³-hybridized carbons (Fsp3) is 0.381. The van der Waals surface area contributed by atoms with Crippen LogP contribution >= 0.6 is 0 Å². The lowest BCUT2D eigenvalue weighted by Gasteiger charge is -2.10. The van der Waals surface area contributed by atoms with Crippen LogP contribution in [0.3, 0.4) is 0 Å². The molecule has 7 heteroatoms. The van der Waals surface area contributed by atoms with E-state index >= 15 is 0 Å². The summed E-state index contributed by atoms with van der Waals surface area (Å²) in [6.45, 7) is 2.92. The number of nitrogens with one attached hydrogen (secondary N) is 1. The molecule has 3 aromatic rings. The van der Waals surface area contributed by atoms with E-state index in [0.29, 0.717) is 0 Å². The van der Waals surface area contributed by atoms with E-state index in [1.807, 2.05) is 36.0 Å². The highest BCUT2D eigenvalue weighted by Gasteiger charge is 2.11. The zero-order valence-corrected chi connectivity index (χ0v) is 16.8. The van der Waals surface area contributed by atoms with Gasteiger partial charge in [-0.2, -0.15) is 10.1 Å². The Hall–Kier alpha value is -3.09. The van der Waals surface area contributed by atoms with Crippen molar-refractivity contribution in [3.8, 4) is 17.1 Å². The summed E-state index contributed by atoms with van der Waals surface area (Å²) < 4.78 is 7.25. The monoisotopic (exact) mass is 380 g/mol. The van der Waals surface area contributed by atoms with Gasteiger partial charge < -0.3 is 15.8 Å². The molecule has 0 bridgehead atoms. The number of anilines is 2. The summed E-state index contributed by atoms with van der Waals surface area (Å²) >= 11 is 0. The normalized spacial score (nSPS) is 10.8. The highest BCUT2D eigenvalue weighted by molar-refractivity contribution is 5.61. The number of benzene rings is 1. The maximum Gasteiger partial charge on any atom is 0.222 e. The SMILES string of the molecule is CCCc1cc(-c2cc(NCCCc3ccccc3OC)nc(N)n2)n(C)n1. The highest BCUT2D eigenvalue weighted by atomic mass is 16.5. The fourth-order valence-corrected chi connectivity index (χ4v) is 3.24. The summed E-state index contributed by atoms with van der Waals surface area (Å²) in [5, 5.41) is 7.90. The number of nitrogen functional groups attached to an aromatic ring is 1. The van der Waals surface area contributed by atoms with Gasteiger partial charge in [-0.1, -0.05) is 31.5 Å². The number of ether oxygens (including phenoxy) is 1. The number of hydrogen-bond acceptors (Lipinski definition) is 6. The molecule has 148 valence electrons. The van der Waals surface area contributed by atoms with Crippen LogP contribution < -0.4 is 15.8 Å². The smallest absolute Gasteiger partial charge is 0.222 e. The molecule has 3 rings (SSSR count). The minimum absolute atomic E-state index is 0.253. The number of para-hydroxylation sites is 1. The van der Waals surface area contributed by atoms with E-state index in [4.69, 9.17) is 10.5 Å². The molecule has 0 saturated carbocycles. The van der Waals surface area contributed by atoms with Crippen LogP contribution in [0.25, 0.3) is 11.4 Å². The summed E-state index contributed by atoms with van der Waals surface area (Å²) in [5.41, 5.74) is 9.91. The van der Waals surface area contributed by atoms with Gasteiger partial charge in [0.25, 0.3) is 0 Å². The van der Waals surface area contributed by atoms with Crippen LogP contribution in [0, 0.1) is 0 Å². The first-order valence-corrected chi connectivity index (χ1v) is 9.64. The minimum Gasteiger partial charge on any atom is -0.496 e. The minimum atomic E-state index is 0.253. The van der Waals surface area contributed by atoms with Crippen molar-refractivity contribution in [1.82, 2.24) is 19.7 Å². The van der Waals surface area contributed by atoms with Gasteiger partial charge in [-0.05, 0) is 37.0 Å². The van der Waals surface area contributed by atoms with Gasteiger partial charge in [0.2, 0.25) is 5.95 Å². The molecule has 0 aliphatic heterocycles. The second-order valence-corrected chi connectivity index (χ2v) is 6.73. The van der Waals surface area contributed by atoms with E-state index in [-0.39, 0.29) is 5.95 Å². The number of nitrogens with zero attached hydrogens (tertiary/aromatic N) is 4. The van der Waals surface area contributed by atoms with Crippen molar-refractivity contribution in [2.45, 2.75) is 32.6 Å². The number of aromatic nitrogens is 4. The molecular formula is C21H28N6O. The highest BCUT2D eigenvalue weighted by Crippen LogP contribution is 2.22. The Kier molecular flexibility index (Phi) is 6.47. The van der Waals surface area contributed by atoms with Crippen LogP contribution in [-0.2, 0) is 19.9 Å². The quantitative estimate of drug-likeness (QED) is 0.553. The average molecular weight is 380 g/mol. The molecule has 0 saturated heterocycles. The molecule has 0 aliphatic carbocycles. The lowest BCUT2D eigenvalue weighted by atomic mass is 10.1. The molecule has 0 spiro atoms. The van der Waals surface area contributed by atoms with E-state index < -0.39 is 0 Å².